The summed E-state index contributed by atoms with van der Waals surface area (Å²) < 4.78 is 0.934. The van der Waals surface area contributed by atoms with E-state index in [2.05, 4.69) is 27.3 Å². The highest BCUT2D eigenvalue weighted by atomic mass is 79.9. The number of nitrogens with one attached hydrogen (secondary N) is 1. The minimum atomic E-state index is 0.00453. The fraction of sp³-hybridized carbons (Fsp3) is 0.357. The first-order valence-electron chi connectivity index (χ1n) is 5.97. The van der Waals surface area contributed by atoms with Crippen LogP contribution in [0.5, 0.6) is 0 Å². The Morgan fingerprint density at radius 2 is 2.29 bits per heavy atom. The van der Waals surface area contributed by atoms with Crippen LogP contribution in [0.1, 0.15) is 36.0 Å². The highest BCUT2D eigenvalue weighted by Gasteiger charge is 2.07. The smallest absolute Gasteiger partial charge is 0.251 e. The average molecular weight is 294 g/mol. The van der Waals surface area contributed by atoms with E-state index < -0.39 is 0 Å². The monoisotopic (exact) mass is 293 g/mol. The van der Waals surface area contributed by atoms with Crippen molar-refractivity contribution in [3.8, 4) is 0 Å². The third-order valence-corrected chi connectivity index (χ3v) is 3.45. The molecule has 0 aliphatic heterocycles. The molecule has 1 aliphatic carbocycles. The van der Waals surface area contributed by atoms with E-state index in [-0.39, 0.29) is 5.91 Å². The molecule has 1 aromatic rings. The number of benzene rings is 1. The molecule has 0 atom stereocenters. The average Bonchev–Trinajstić information content (AvgIpc) is 2.82. The van der Waals surface area contributed by atoms with Crippen molar-refractivity contribution in [1.29, 1.82) is 0 Å². The van der Waals surface area contributed by atoms with Crippen molar-refractivity contribution in [2.45, 2.75) is 25.7 Å². The van der Waals surface area contributed by atoms with Gasteiger partial charge in [-0.25, -0.2) is 0 Å². The Morgan fingerprint density at radius 1 is 1.41 bits per heavy atom. The molecule has 1 aliphatic rings. The molecule has 0 heterocycles. The van der Waals surface area contributed by atoms with Crippen LogP contribution < -0.4 is 5.32 Å². The molecule has 1 N–H and O–H groups in total. The van der Waals surface area contributed by atoms with Gasteiger partial charge in [-0.2, -0.15) is 0 Å². The zero-order valence-corrected chi connectivity index (χ0v) is 11.3. The Kier molecular flexibility index (Phi) is 4.37. The maximum Gasteiger partial charge on any atom is 0.251 e. The van der Waals surface area contributed by atoms with Crippen LogP contribution in [0, 0.1) is 0 Å². The summed E-state index contributed by atoms with van der Waals surface area (Å²) in [5.74, 6) is 0.00453. The second-order valence-electron chi connectivity index (χ2n) is 4.27. The van der Waals surface area contributed by atoms with Gasteiger partial charge in [0.1, 0.15) is 0 Å². The van der Waals surface area contributed by atoms with Crippen molar-refractivity contribution in [1.82, 2.24) is 5.32 Å². The van der Waals surface area contributed by atoms with Crippen LogP contribution in [0.2, 0.25) is 0 Å². The molecule has 0 spiro atoms. The predicted molar refractivity (Wildman–Crippen MR) is 73.0 cm³/mol. The lowest BCUT2D eigenvalue weighted by atomic mass is 10.1. The molecule has 0 aromatic heterocycles. The number of amides is 1. The minimum Gasteiger partial charge on any atom is -0.352 e. The van der Waals surface area contributed by atoms with Gasteiger partial charge in [-0.1, -0.05) is 33.6 Å². The number of rotatable bonds is 4. The van der Waals surface area contributed by atoms with Gasteiger partial charge in [0, 0.05) is 16.6 Å². The van der Waals surface area contributed by atoms with Gasteiger partial charge in [0.15, 0.2) is 0 Å². The quantitative estimate of drug-likeness (QED) is 0.843. The third-order valence-electron chi connectivity index (χ3n) is 2.95. The third kappa shape index (κ3) is 3.70. The molecule has 0 saturated heterocycles. The number of hydrogen-bond acceptors (Lipinski definition) is 1. The van der Waals surface area contributed by atoms with E-state index in [0.717, 1.165) is 17.4 Å². The molecule has 0 saturated carbocycles. The molecule has 2 rings (SSSR count). The number of carbonyl (C=O) groups excluding carboxylic acids is 1. The van der Waals surface area contributed by atoms with E-state index in [4.69, 9.17) is 0 Å². The first-order valence-corrected chi connectivity index (χ1v) is 6.77. The Balaban J connectivity index is 1.81. The summed E-state index contributed by atoms with van der Waals surface area (Å²) >= 11 is 3.36. The van der Waals surface area contributed by atoms with Gasteiger partial charge in [0.25, 0.3) is 5.91 Å². The van der Waals surface area contributed by atoms with Crippen LogP contribution in [0.4, 0.5) is 0 Å². The van der Waals surface area contributed by atoms with Gasteiger partial charge in [0.05, 0.1) is 0 Å². The van der Waals surface area contributed by atoms with E-state index in [0.29, 0.717) is 5.56 Å². The van der Waals surface area contributed by atoms with Gasteiger partial charge in [-0.15, -0.1) is 0 Å². The Bertz CT molecular complexity index is 440. The maximum atomic E-state index is 11.8. The van der Waals surface area contributed by atoms with Crippen molar-refractivity contribution < 1.29 is 4.79 Å². The lowest BCUT2D eigenvalue weighted by Gasteiger charge is -2.06. The van der Waals surface area contributed by atoms with Gasteiger partial charge in [-0.3, -0.25) is 4.79 Å². The number of allylic oxidation sites excluding steroid dienone is 1. The van der Waals surface area contributed by atoms with Gasteiger partial charge >= 0.3 is 0 Å². The largest absolute Gasteiger partial charge is 0.352 e. The van der Waals surface area contributed by atoms with Crippen molar-refractivity contribution in [2.75, 3.05) is 6.54 Å². The molecule has 0 bridgehead atoms. The second-order valence-corrected chi connectivity index (χ2v) is 5.19. The van der Waals surface area contributed by atoms with Crippen LogP contribution >= 0.6 is 15.9 Å². The maximum absolute atomic E-state index is 11.8. The molecular weight excluding hydrogens is 278 g/mol. The van der Waals surface area contributed by atoms with Crippen LogP contribution in [0.25, 0.3) is 0 Å². The summed E-state index contributed by atoms with van der Waals surface area (Å²) in [6, 6.07) is 7.46. The lowest BCUT2D eigenvalue weighted by molar-refractivity contribution is 0.0954. The van der Waals surface area contributed by atoms with Crippen LogP contribution in [0.3, 0.4) is 0 Å². The van der Waals surface area contributed by atoms with E-state index in [1.807, 2.05) is 24.3 Å². The Morgan fingerprint density at radius 3 is 3.00 bits per heavy atom. The number of halogens is 1. The van der Waals surface area contributed by atoms with Crippen LogP contribution in [0.15, 0.2) is 40.4 Å². The SMILES string of the molecule is O=C(NCCC1=CCCC1)c1cccc(Br)c1. The van der Waals surface area contributed by atoms with E-state index in [1.54, 1.807) is 0 Å². The molecule has 90 valence electrons. The van der Waals surface area contributed by atoms with Crippen molar-refractivity contribution in [2.24, 2.45) is 0 Å². The highest BCUT2D eigenvalue weighted by molar-refractivity contribution is 9.10. The summed E-state index contributed by atoms with van der Waals surface area (Å²) in [5, 5.41) is 2.95. The number of hydrogen-bond donors (Lipinski definition) is 1. The van der Waals surface area contributed by atoms with E-state index in [9.17, 15) is 4.79 Å². The van der Waals surface area contributed by atoms with Crippen molar-refractivity contribution in [3.63, 3.8) is 0 Å². The molecule has 3 heteroatoms. The van der Waals surface area contributed by atoms with Gasteiger partial charge in [0.2, 0.25) is 0 Å². The van der Waals surface area contributed by atoms with Crippen molar-refractivity contribution in [3.05, 3.63) is 46.0 Å². The predicted octanol–water partition coefficient (Wildman–Crippen LogP) is 3.68. The minimum absolute atomic E-state index is 0.00453. The normalized spacial score (nSPS) is 14.5. The van der Waals surface area contributed by atoms with E-state index >= 15 is 0 Å². The fourth-order valence-corrected chi connectivity index (χ4v) is 2.43. The summed E-state index contributed by atoms with van der Waals surface area (Å²) in [6.07, 6.45) is 6.96. The molecular formula is C14H16BrNO. The topological polar surface area (TPSA) is 29.1 Å². The summed E-state index contributed by atoms with van der Waals surface area (Å²) in [5.41, 5.74) is 2.19. The first kappa shape index (κ1) is 12.4. The van der Waals surface area contributed by atoms with Crippen molar-refractivity contribution >= 4 is 21.8 Å². The molecule has 0 radical (unpaired) electrons. The molecule has 17 heavy (non-hydrogen) atoms. The van der Waals surface area contributed by atoms with Gasteiger partial charge in [-0.05, 0) is 43.9 Å². The molecule has 1 amide bonds. The molecule has 0 fully saturated rings. The van der Waals surface area contributed by atoms with Gasteiger partial charge < -0.3 is 5.32 Å². The highest BCUT2D eigenvalue weighted by Crippen LogP contribution is 2.19. The lowest BCUT2D eigenvalue weighted by Crippen LogP contribution is -2.24. The zero-order valence-electron chi connectivity index (χ0n) is 9.71. The first-order chi connectivity index (χ1) is 8.25. The van der Waals surface area contributed by atoms with Crippen LogP contribution in [-0.4, -0.2) is 12.5 Å². The standard InChI is InChI=1S/C14H16BrNO/c15-13-7-3-6-12(10-13)14(17)16-9-8-11-4-1-2-5-11/h3-4,6-7,10H,1-2,5,8-9H2,(H,16,17). The number of carbonyl (C=O) groups is 1. The molecule has 1 aromatic carbocycles. The van der Waals surface area contributed by atoms with Crippen LogP contribution in [-0.2, 0) is 0 Å². The summed E-state index contributed by atoms with van der Waals surface area (Å²) in [4.78, 5) is 11.8. The Hall–Kier alpha value is -1.09. The Labute approximate surface area is 110 Å². The molecule has 2 nitrogen and oxygen atoms in total. The summed E-state index contributed by atoms with van der Waals surface area (Å²) in [6.45, 7) is 0.733. The molecule has 0 unspecified atom stereocenters. The van der Waals surface area contributed by atoms with E-state index in [1.165, 1.54) is 24.8 Å². The summed E-state index contributed by atoms with van der Waals surface area (Å²) in [7, 11) is 0. The second kappa shape index (κ2) is 6.01. The fourth-order valence-electron chi connectivity index (χ4n) is 2.03. The zero-order chi connectivity index (χ0) is 12.1.